The Hall–Kier alpha value is -2.92. The number of imidazole rings is 1. The van der Waals surface area contributed by atoms with E-state index in [4.69, 9.17) is 18.7 Å². The van der Waals surface area contributed by atoms with Crippen LogP contribution in [-0.4, -0.2) is 97.4 Å². The van der Waals surface area contributed by atoms with Gasteiger partial charge in [-0.3, -0.25) is 23.7 Å². The molecule has 2 aromatic heterocycles. The number of carbonyl (C=O) groups excluding carboxylic acids is 2. The number of esters is 2. The van der Waals surface area contributed by atoms with Gasteiger partial charge in [0.15, 0.2) is 11.9 Å². The highest BCUT2D eigenvalue weighted by atomic mass is 31.2. The van der Waals surface area contributed by atoms with Gasteiger partial charge in [0.25, 0.3) is 0 Å². The van der Waals surface area contributed by atoms with Crippen molar-refractivity contribution in [1.29, 1.82) is 0 Å². The molecule has 0 amide bonds. The number of hydrogen-bond acceptors (Lipinski definition) is 13. The number of aliphatic hydroxyl groups excluding tert-OH is 1. The molecule has 2 aliphatic rings. The molecule has 0 spiro atoms. The van der Waals surface area contributed by atoms with Crippen LogP contribution in [0.1, 0.15) is 93.2 Å². The maximum absolute atomic E-state index is 14.6. The van der Waals surface area contributed by atoms with Crippen molar-refractivity contribution in [3.63, 3.8) is 0 Å². The highest BCUT2D eigenvalue weighted by molar-refractivity contribution is 7.54. The van der Waals surface area contributed by atoms with Crippen LogP contribution in [0.15, 0.2) is 11.1 Å². The Balaban J connectivity index is 1.62. The summed E-state index contributed by atoms with van der Waals surface area (Å²) in [6.45, 7) is 11.8. The van der Waals surface area contributed by atoms with E-state index in [0.717, 1.165) is 25.7 Å². The lowest BCUT2D eigenvalue weighted by Crippen LogP contribution is -2.47. The summed E-state index contributed by atoms with van der Waals surface area (Å²) in [5.74, 6) is -0.939. The van der Waals surface area contributed by atoms with Gasteiger partial charge in [-0.15, -0.1) is 0 Å². The third-order valence-electron chi connectivity index (χ3n) is 8.78. The molecule has 0 bridgehead atoms. The van der Waals surface area contributed by atoms with Gasteiger partial charge in [0.1, 0.15) is 41.2 Å². The number of anilines is 1. The molecule has 0 unspecified atom stereocenters. The topological polar surface area (TPSA) is 228 Å². The molecule has 2 aromatic rings. The minimum atomic E-state index is -4.33. The quantitative estimate of drug-likeness (QED) is 0.0958. The molecule has 0 radical (unpaired) electrons. The molecular formula is C32H54N7O10P. The van der Waals surface area contributed by atoms with Gasteiger partial charge in [-0.05, 0) is 58.3 Å². The summed E-state index contributed by atoms with van der Waals surface area (Å²) in [5.41, 5.74) is -2.11. The van der Waals surface area contributed by atoms with Crippen molar-refractivity contribution in [3.8, 4) is 0 Å². The molecular weight excluding hydrogens is 673 g/mol. The zero-order valence-electron chi connectivity index (χ0n) is 30.0. The number of fused-ring (bicyclic) bond motifs is 1. The van der Waals surface area contributed by atoms with Crippen LogP contribution in [0, 0.1) is 11.8 Å². The maximum Gasteiger partial charge on any atom is 0.348 e. The van der Waals surface area contributed by atoms with Crippen molar-refractivity contribution in [2.45, 2.75) is 129 Å². The Kier molecular flexibility index (Phi) is 13.6. The van der Waals surface area contributed by atoms with Gasteiger partial charge < -0.3 is 34.3 Å². The third kappa shape index (κ3) is 9.69. The SMILES string of the molecule is CCOC(=O)[C@H](CC(C)C)NP(=O)(N[C@@H](CC(C)C)C(=O)OCC)OC[C@H]1O[C@@H](n2cnc3c(NC4CCCC4)[nH]c(=O)nc32)[C@](C)(O)[C@@H]1O. The first-order valence-corrected chi connectivity index (χ1v) is 19.1. The van der Waals surface area contributed by atoms with Crippen molar-refractivity contribution in [2.24, 2.45) is 11.8 Å². The maximum atomic E-state index is 14.6. The molecule has 4 rings (SSSR count). The van der Waals surface area contributed by atoms with Gasteiger partial charge in [0.05, 0.1) is 26.1 Å². The fourth-order valence-corrected chi connectivity index (χ4v) is 8.22. The predicted octanol–water partition coefficient (Wildman–Crippen LogP) is 2.74. The second kappa shape index (κ2) is 17.1. The van der Waals surface area contributed by atoms with Gasteiger partial charge in [0.2, 0.25) is 0 Å². The van der Waals surface area contributed by atoms with Gasteiger partial charge in [-0.2, -0.15) is 4.98 Å². The Morgan fingerprint density at radius 3 is 2.16 bits per heavy atom. The average Bonchev–Trinajstić information content (AvgIpc) is 3.74. The lowest BCUT2D eigenvalue weighted by Gasteiger charge is -2.30. The lowest BCUT2D eigenvalue weighted by atomic mass is 9.96. The molecule has 50 heavy (non-hydrogen) atoms. The number of nitrogens with one attached hydrogen (secondary N) is 4. The first-order valence-electron chi connectivity index (χ1n) is 17.5. The van der Waals surface area contributed by atoms with Crippen LogP contribution in [0.3, 0.4) is 0 Å². The third-order valence-corrected chi connectivity index (χ3v) is 10.6. The van der Waals surface area contributed by atoms with Crippen molar-refractivity contribution >= 4 is 36.6 Å². The molecule has 282 valence electrons. The van der Waals surface area contributed by atoms with Gasteiger partial charge >= 0.3 is 25.3 Å². The number of hydrogen-bond donors (Lipinski definition) is 6. The van der Waals surface area contributed by atoms with E-state index in [1.54, 1.807) is 13.8 Å². The van der Waals surface area contributed by atoms with Crippen molar-refractivity contribution in [1.82, 2.24) is 29.7 Å². The number of nitrogens with zero attached hydrogens (tertiary/aromatic N) is 3. The summed E-state index contributed by atoms with van der Waals surface area (Å²) >= 11 is 0. The molecule has 2 fully saturated rings. The molecule has 1 saturated carbocycles. The molecule has 1 aliphatic heterocycles. The van der Waals surface area contributed by atoms with Gasteiger partial charge in [-0.1, -0.05) is 40.5 Å². The Labute approximate surface area is 292 Å². The lowest BCUT2D eigenvalue weighted by molar-refractivity contribution is -0.146. The van der Waals surface area contributed by atoms with Crippen LogP contribution in [0.5, 0.6) is 0 Å². The fourth-order valence-electron chi connectivity index (χ4n) is 6.39. The van der Waals surface area contributed by atoms with E-state index in [2.05, 4.69) is 30.4 Å². The smallest absolute Gasteiger partial charge is 0.348 e. The normalized spacial score (nSPS) is 24.3. The molecule has 17 nitrogen and oxygen atoms in total. The molecule has 18 heteroatoms. The van der Waals surface area contributed by atoms with E-state index in [1.807, 2.05) is 27.7 Å². The number of rotatable bonds is 18. The van der Waals surface area contributed by atoms with Crippen molar-refractivity contribution in [3.05, 3.63) is 16.8 Å². The van der Waals surface area contributed by atoms with Crippen LogP contribution < -0.4 is 21.2 Å². The van der Waals surface area contributed by atoms with E-state index in [9.17, 15) is 29.2 Å². The van der Waals surface area contributed by atoms with E-state index in [0.29, 0.717) is 11.3 Å². The average molecular weight is 728 g/mol. The number of H-pyrrole nitrogens is 1. The van der Waals surface area contributed by atoms with E-state index < -0.39 is 68.0 Å². The highest BCUT2D eigenvalue weighted by Crippen LogP contribution is 2.45. The summed E-state index contributed by atoms with van der Waals surface area (Å²) in [5, 5.41) is 31.7. The van der Waals surface area contributed by atoms with Crippen LogP contribution in [-0.2, 0) is 32.9 Å². The van der Waals surface area contributed by atoms with Gasteiger partial charge in [0, 0.05) is 6.04 Å². The second-order valence-electron chi connectivity index (χ2n) is 14.0. The number of aromatic amines is 1. The monoisotopic (exact) mass is 727 g/mol. The molecule has 0 aromatic carbocycles. The number of carbonyl (C=O) groups is 2. The second-order valence-corrected chi connectivity index (χ2v) is 15.9. The van der Waals surface area contributed by atoms with Crippen LogP contribution in [0.25, 0.3) is 11.2 Å². The summed E-state index contributed by atoms with van der Waals surface area (Å²) in [7, 11) is -4.33. The minimum Gasteiger partial charge on any atom is -0.465 e. The van der Waals surface area contributed by atoms with E-state index in [1.165, 1.54) is 17.8 Å². The van der Waals surface area contributed by atoms with Crippen molar-refractivity contribution in [2.75, 3.05) is 25.1 Å². The minimum absolute atomic E-state index is 0.0163. The Bertz CT molecular complexity index is 1520. The molecule has 1 saturated heterocycles. The molecule has 3 heterocycles. The first kappa shape index (κ1) is 39.9. The van der Waals surface area contributed by atoms with Crippen LogP contribution in [0.4, 0.5) is 5.82 Å². The summed E-state index contributed by atoms with van der Waals surface area (Å²) in [6, 6.07) is -1.98. The first-order chi connectivity index (χ1) is 23.6. The standard InChI is InChI=1S/C32H54N7O10P/c1-8-46-28(41)21(14-18(3)4)37-50(45,38-22(15-19(5)6)29(42)47-9-2)48-16-23-25(40)32(7,44)30(49-23)39-17-33-24-26(34-20-12-10-11-13-20)35-31(43)36-27(24)39/h17-23,25,30,40,44H,8-16H2,1-7H3,(H2,37,38,45)(H2,34,35,36,43)/t21-,22-,23+,25+,30+,32+/m0/s1. The van der Waals surface area contributed by atoms with E-state index in [-0.39, 0.29) is 49.6 Å². The van der Waals surface area contributed by atoms with Gasteiger partial charge in [-0.25, -0.2) is 20.0 Å². The zero-order chi connectivity index (χ0) is 36.8. The van der Waals surface area contributed by atoms with Crippen LogP contribution >= 0.6 is 7.67 Å². The van der Waals surface area contributed by atoms with Crippen LogP contribution in [0.2, 0.25) is 0 Å². The Morgan fingerprint density at radius 2 is 1.64 bits per heavy atom. The summed E-state index contributed by atoms with van der Waals surface area (Å²) < 4.78 is 38.5. The summed E-state index contributed by atoms with van der Waals surface area (Å²) in [6.07, 6.45) is 1.75. The molecule has 6 N–H and O–H groups in total. The number of aliphatic hydroxyl groups is 2. The Morgan fingerprint density at radius 1 is 1.08 bits per heavy atom. The zero-order valence-corrected chi connectivity index (χ0v) is 30.9. The summed E-state index contributed by atoms with van der Waals surface area (Å²) in [4.78, 5) is 49.7. The molecule has 1 aliphatic carbocycles. The predicted molar refractivity (Wildman–Crippen MR) is 184 cm³/mol. The van der Waals surface area contributed by atoms with E-state index >= 15 is 0 Å². The fraction of sp³-hybridized carbons (Fsp3) is 0.781. The number of ether oxygens (including phenoxy) is 3. The molecule has 6 atom stereocenters. The van der Waals surface area contributed by atoms with Crippen molar-refractivity contribution < 1.29 is 43.1 Å². The highest BCUT2D eigenvalue weighted by Gasteiger charge is 2.54. The number of aromatic nitrogens is 4. The largest absolute Gasteiger partial charge is 0.465 e.